The summed E-state index contributed by atoms with van der Waals surface area (Å²) in [6.45, 7) is 1.77. The lowest BCUT2D eigenvalue weighted by atomic mass is 10.5. The Hall–Kier alpha value is -1.76. The van der Waals surface area contributed by atoms with Crippen LogP contribution in [0.2, 0.25) is 0 Å². The number of rotatable bonds is 4. The third-order valence-electron chi connectivity index (χ3n) is 1.97. The Kier molecular flexibility index (Phi) is 2.72. The Bertz CT molecular complexity index is 435. The number of likely N-dealkylation sites (N-methyl/N-ethyl adjacent to an activating group) is 1. The van der Waals surface area contributed by atoms with E-state index in [0.29, 0.717) is 5.65 Å². The van der Waals surface area contributed by atoms with Crippen LogP contribution in [0.4, 0.5) is 5.82 Å². The number of tetrazole rings is 1. The van der Waals surface area contributed by atoms with E-state index in [1.165, 1.54) is 0 Å². The van der Waals surface area contributed by atoms with Crippen molar-refractivity contribution in [2.24, 2.45) is 0 Å². The van der Waals surface area contributed by atoms with E-state index in [2.05, 4.69) is 30.7 Å². The van der Waals surface area contributed by atoms with Crippen LogP contribution in [0.25, 0.3) is 5.65 Å². The zero-order valence-electron chi connectivity index (χ0n) is 8.75. The molecule has 7 nitrogen and oxygen atoms in total. The second-order valence-corrected chi connectivity index (χ2v) is 3.47. The highest BCUT2D eigenvalue weighted by Gasteiger charge is 2.02. The molecule has 0 radical (unpaired) electrons. The monoisotopic (exact) mass is 207 g/mol. The maximum atomic E-state index is 4.04. The molecule has 0 atom stereocenters. The molecule has 2 heterocycles. The van der Waals surface area contributed by atoms with Gasteiger partial charge in [-0.1, -0.05) is 0 Å². The topological polar surface area (TPSA) is 71.2 Å². The van der Waals surface area contributed by atoms with Gasteiger partial charge >= 0.3 is 0 Å². The maximum Gasteiger partial charge on any atom is 0.199 e. The smallest absolute Gasteiger partial charge is 0.199 e. The first-order valence-corrected chi connectivity index (χ1v) is 4.68. The van der Waals surface area contributed by atoms with Gasteiger partial charge in [-0.3, -0.25) is 4.98 Å². The molecular weight excluding hydrogens is 194 g/mol. The molecule has 0 unspecified atom stereocenters. The Labute approximate surface area is 87.1 Å². The van der Waals surface area contributed by atoms with E-state index >= 15 is 0 Å². The molecule has 2 aromatic heterocycles. The van der Waals surface area contributed by atoms with Gasteiger partial charge in [0.2, 0.25) is 0 Å². The molecule has 0 saturated heterocycles. The fourth-order valence-electron chi connectivity index (χ4n) is 1.20. The summed E-state index contributed by atoms with van der Waals surface area (Å²) < 4.78 is 1.63. The van der Waals surface area contributed by atoms with Crippen LogP contribution in [-0.4, -0.2) is 57.1 Å². The SMILES string of the molecule is CN(C)CCNc1cncc2nnnn12. The number of aromatic nitrogens is 5. The van der Waals surface area contributed by atoms with Crippen LogP contribution in [0.3, 0.4) is 0 Å². The minimum Gasteiger partial charge on any atom is -0.367 e. The van der Waals surface area contributed by atoms with Gasteiger partial charge in [-0.05, 0) is 24.5 Å². The molecular formula is C8H13N7. The number of nitrogens with zero attached hydrogens (tertiary/aromatic N) is 6. The average Bonchev–Trinajstić information content (AvgIpc) is 2.65. The standard InChI is InChI=1S/C8H13N7/c1-14(2)4-3-10-7-5-9-6-8-11-12-13-15(7)8/h5-6,10H,3-4H2,1-2H3. The van der Waals surface area contributed by atoms with Crippen molar-refractivity contribution in [1.29, 1.82) is 0 Å². The zero-order chi connectivity index (χ0) is 10.7. The summed E-state index contributed by atoms with van der Waals surface area (Å²) in [4.78, 5) is 6.14. The van der Waals surface area contributed by atoms with Gasteiger partial charge < -0.3 is 10.2 Å². The van der Waals surface area contributed by atoms with Gasteiger partial charge in [0.15, 0.2) is 5.65 Å². The molecule has 1 N–H and O–H groups in total. The molecule has 0 fully saturated rings. The summed E-state index contributed by atoms with van der Waals surface area (Å²) in [5.74, 6) is 0.805. The minimum atomic E-state index is 0.643. The molecule has 7 heteroatoms. The average molecular weight is 207 g/mol. The van der Waals surface area contributed by atoms with E-state index in [-0.39, 0.29) is 0 Å². The Morgan fingerprint density at radius 3 is 3.07 bits per heavy atom. The molecule has 0 aliphatic heterocycles. The van der Waals surface area contributed by atoms with Crippen LogP contribution in [-0.2, 0) is 0 Å². The second kappa shape index (κ2) is 4.18. The number of fused-ring (bicyclic) bond motifs is 1. The predicted octanol–water partition coefficient (Wildman–Crippen LogP) is -0.507. The van der Waals surface area contributed by atoms with E-state index < -0.39 is 0 Å². The lowest BCUT2D eigenvalue weighted by Gasteiger charge is -2.11. The summed E-state index contributed by atoms with van der Waals surface area (Å²) >= 11 is 0. The molecule has 0 saturated carbocycles. The normalized spacial score (nSPS) is 11.1. The second-order valence-electron chi connectivity index (χ2n) is 3.47. The molecule has 15 heavy (non-hydrogen) atoms. The minimum absolute atomic E-state index is 0.643. The highest BCUT2D eigenvalue weighted by atomic mass is 15.5. The Balaban J connectivity index is 2.10. The van der Waals surface area contributed by atoms with Crippen LogP contribution < -0.4 is 5.32 Å². The molecule has 0 amide bonds. The summed E-state index contributed by atoms with van der Waals surface area (Å²) in [6.07, 6.45) is 3.33. The fourth-order valence-corrected chi connectivity index (χ4v) is 1.20. The zero-order valence-corrected chi connectivity index (χ0v) is 8.75. The number of hydrogen-bond acceptors (Lipinski definition) is 6. The largest absolute Gasteiger partial charge is 0.367 e. The molecule has 0 spiro atoms. The van der Waals surface area contributed by atoms with Crippen molar-refractivity contribution < 1.29 is 0 Å². The van der Waals surface area contributed by atoms with Crippen LogP contribution >= 0.6 is 0 Å². The number of anilines is 1. The highest BCUT2D eigenvalue weighted by Crippen LogP contribution is 2.04. The van der Waals surface area contributed by atoms with Gasteiger partial charge in [-0.15, -0.1) is 5.10 Å². The van der Waals surface area contributed by atoms with Crippen molar-refractivity contribution in [3.8, 4) is 0 Å². The summed E-state index contributed by atoms with van der Waals surface area (Å²) in [6, 6.07) is 0. The van der Waals surface area contributed by atoms with E-state index in [4.69, 9.17) is 0 Å². The first-order chi connectivity index (χ1) is 7.27. The summed E-state index contributed by atoms with van der Waals surface area (Å²) in [5, 5.41) is 14.5. The maximum absolute atomic E-state index is 4.04. The van der Waals surface area contributed by atoms with Crippen molar-refractivity contribution in [3.63, 3.8) is 0 Å². The van der Waals surface area contributed by atoms with E-state index in [9.17, 15) is 0 Å². The van der Waals surface area contributed by atoms with E-state index in [1.807, 2.05) is 14.1 Å². The number of nitrogens with one attached hydrogen (secondary N) is 1. The molecule has 0 aliphatic carbocycles. The lowest BCUT2D eigenvalue weighted by Crippen LogP contribution is -2.21. The van der Waals surface area contributed by atoms with Gasteiger partial charge in [-0.25, -0.2) is 0 Å². The van der Waals surface area contributed by atoms with Crippen LogP contribution in [0.15, 0.2) is 12.4 Å². The summed E-state index contributed by atoms with van der Waals surface area (Å²) in [7, 11) is 4.05. The van der Waals surface area contributed by atoms with Crippen molar-refractivity contribution in [1.82, 2.24) is 29.9 Å². The molecule has 2 rings (SSSR count). The van der Waals surface area contributed by atoms with Crippen LogP contribution in [0.1, 0.15) is 0 Å². The number of hydrogen-bond donors (Lipinski definition) is 1. The van der Waals surface area contributed by atoms with Crippen LogP contribution in [0.5, 0.6) is 0 Å². The quantitative estimate of drug-likeness (QED) is 0.728. The van der Waals surface area contributed by atoms with E-state index in [0.717, 1.165) is 18.9 Å². The fraction of sp³-hybridized carbons (Fsp3) is 0.500. The van der Waals surface area contributed by atoms with Crippen molar-refractivity contribution in [2.75, 3.05) is 32.5 Å². The predicted molar refractivity (Wildman–Crippen MR) is 55.6 cm³/mol. The molecule has 2 aromatic rings. The highest BCUT2D eigenvalue weighted by molar-refractivity contribution is 5.43. The first kappa shape index (κ1) is 9.78. The van der Waals surface area contributed by atoms with Crippen molar-refractivity contribution >= 4 is 11.5 Å². The Morgan fingerprint density at radius 2 is 2.27 bits per heavy atom. The van der Waals surface area contributed by atoms with E-state index in [1.54, 1.807) is 16.9 Å². The van der Waals surface area contributed by atoms with Crippen molar-refractivity contribution in [3.05, 3.63) is 12.4 Å². The van der Waals surface area contributed by atoms with Gasteiger partial charge in [-0.2, -0.15) is 4.52 Å². The lowest BCUT2D eigenvalue weighted by molar-refractivity contribution is 0.425. The first-order valence-electron chi connectivity index (χ1n) is 4.68. The van der Waals surface area contributed by atoms with Crippen molar-refractivity contribution in [2.45, 2.75) is 0 Å². The Morgan fingerprint density at radius 1 is 1.40 bits per heavy atom. The molecule has 0 aliphatic rings. The van der Waals surface area contributed by atoms with Gasteiger partial charge in [0.1, 0.15) is 5.82 Å². The summed E-state index contributed by atoms with van der Waals surface area (Å²) in [5.41, 5.74) is 0.643. The molecule has 0 bridgehead atoms. The molecule has 0 aromatic carbocycles. The van der Waals surface area contributed by atoms with Gasteiger partial charge in [0, 0.05) is 13.1 Å². The third-order valence-corrected chi connectivity index (χ3v) is 1.97. The molecule has 80 valence electrons. The van der Waals surface area contributed by atoms with Gasteiger partial charge in [0.25, 0.3) is 0 Å². The van der Waals surface area contributed by atoms with Crippen LogP contribution in [0, 0.1) is 0 Å². The third kappa shape index (κ3) is 2.18. The van der Waals surface area contributed by atoms with Gasteiger partial charge in [0.05, 0.1) is 12.4 Å².